The van der Waals surface area contributed by atoms with Crippen molar-refractivity contribution in [2.24, 2.45) is 0 Å². The highest BCUT2D eigenvalue weighted by molar-refractivity contribution is 9.10. The molecule has 1 aromatic carbocycles. The van der Waals surface area contributed by atoms with E-state index in [1.165, 1.54) is 11.3 Å². The molecule has 1 aliphatic rings. The molecule has 1 aromatic heterocycles. The minimum atomic E-state index is -0.390. The van der Waals surface area contributed by atoms with Crippen LogP contribution in [0.25, 0.3) is 0 Å². The van der Waals surface area contributed by atoms with E-state index in [4.69, 9.17) is 21.1 Å². The van der Waals surface area contributed by atoms with Crippen molar-refractivity contribution in [3.63, 3.8) is 0 Å². The van der Waals surface area contributed by atoms with E-state index in [0.29, 0.717) is 27.9 Å². The number of anilines is 1. The van der Waals surface area contributed by atoms with Gasteiger partial charge in [0.15, 0.2) is 6.61 Å². The van der Waals surface area contributed by atoms with Crippen LogP contribution >= 0.6 is 38.9 Å². The van der Waals surface area contributed by atoms with Crippen LogP contribution in [0, 0.1) is 0 Å². The Morgan fingerprint density at radius 1 is 1.35 bits per heavy atom. The van der Waals surface area contributed by atoms with Gasteiger partial charge in [0.25, 0.3) is 5.91 Å². The number of carbonyl (C=O) groups excluding carboxylic acids is 2. The molecule has 8 heteroatoms. The van der Waals surface area contributed by atoms with Gasteiger partial charge in [0.05, 0.1) is 17.2 Å². The Hall–Kier alpha value is -1.57. The summed E-state index contributed by atoms with van der Waals surface area (Å²) in [7, 11) is 0. The normalized spacial score (nSPS) is 12.6. The summed E-state index contributed by atoms with van der Waals surface area (Å²) < 4.78 is 11.5. The van der Waals surface area contributed by atoms with Gasteiger partial charge in [0, 0.05) is 9.35 Å². The molecule has 0 bridgehead atoms. The molecule has 0 unspecified atom stereocenters. The fraction of sp³-hybridized carbons (Fsp3) is 0.333. The van der Waals surface area contributed by atoms with Gasteiger partial charge in [-0.25, -0.2) is 4.79 Å². The molecule has 1 amide bonds. The lowest BCUT2D eigenvalue weighted by molar-refractivity contribution is -0.118. The predicted molar refractivity (Wildman–Crippen MR) is 106 cm³/mol. The number of fused-ring (bicyclic) bond motifs is 1. The monoisotopic (exact) mass is 457 g/mol. The lowest BCUT2D eigenvalue weighted by Crippen LogP contribution is -2.21. The standard InChI is InChI=1S/C18H17BrClNO4S/c1-2-24-18(23)16-11-4-3-5-14(11)26-17(16)21-15(22)9-25-13-7-6-10(19)8-12(13)20/h6-8H,2-5,9H2,1H3,(H,21,22). The van der Waals surface area contributed by atoms with E-state index in [9.17, 15) is 9.59 Å². The molecule has 1 aliphatic carbocycles. The van der Waals surface area contributed by atoms with Crippen molar-refractivity contribution < 1.29 is 19.1 Å². The third kappa shape index (κ3) is 4.22. The summed E-state index contributed by atoms with van der Waals surface area (Å²) in [6, 6.07) is 5.16. The first-order valence-corrected chi connectivity index (χ1v) is 10.2. The molecule has 1 heterocycles. The molecule has 0 fully saturated rings. The minimum absolute atomic E-state index is 0.202. The van der Waals surface area contributed by atoms with Gasteiger partial charge < -0.3 is 14.8 Å². The number of nitrogens with one attached hydrogen (secondary N) is 1. The summed E-state index contributed by atoms with van der Waals surface area (Å²) >= 11 is 10.8. The highest BCUT2D eigenvalue weighted by atomic mass is 79.9. The average molecular weight is 459 g/mol. The van der Waals surface area contributed by atoms with Crippen molar-refractivity contribution in [1.82, 2.24) is 0 Å². The SMILES string of the molecule is CCOC(=O)c1c(NC(=O)COc2ccc(Br)cc2Cl)sc2c1CCC2. The second-order valence-electron chi connectivity index (χ2n) is 5.69. The van der Waals surface area contributed by atoms with Gasteiger partial charge in [-0.2, -0.15) is 0 Å². The molecule has 0 atom stereocenters. The van der Waals surface area contributed by atoms with Crippen LogP contribution in [0.3, 0.4) is 0 Å². The van der Waals surface area contributed by atoms with Crippen LogP contribution in [-0.2, 0) is 22.4 Å². The molecular weight excluding hydrogens is 442 g/mol. The maximum absolute atomic E-state index is 12.3. The molecule has 0 aliphatic heterocycles. The number of benzene rings is 1. The van der Waals surface area contributed by atoms with Crippen molar-refractivity contribution >= 4 is 55.7 Å². The summed E-state index contributed by atoms with van der Waals surface area (Å²) in [4.78, 5) is 25.7. The van der Waals surface area contributed by atoms with Crippen LogP contribution < -0.4 is 10.1 Å². The molecule has 1 N–H and O–H groups in total. The summed E-state index contributed by atoms with van der Waals surface area (Å²) in [5.74, 6) is -0.321. The number of rotatable bonds is 6. The highest BCUT2D eigenvalue weighted by Crippen LogP contribution is 2.39. The molecule has 2 aromatic rings. The van der Waals surface area contributed by atoms with E-state index >= 15 is 0 Å². The van der Waals surface area contributed by atoms with Gasteiger partial charge in [-0.05, 0) is 49.9 Å². The molecule has 0 spiro atoms. The van der Waals surface area contributed by atoms with E-state index in [0.717, 1.165) is 34.2 Å². The number of amides is 1. The Balaban J connectivity index is 1.70. The molecule has 0 saturated carbocycles. The Labute approximate surface area is 168 Å². The van der Waals surface area contributed by atoms with E-state index in [1.54, 1.807) is 25.1 Å². The number of aryl methyl sites for hydroxylation is 1. The van der Waals surface area contributed by atoms with E-state index < -0.39 is 0 Å². The quantitative estimate of drug-likeness (QED) is 0.629. The number of halogens is 2. The van der Waals surface area contributed by atoms with Gasteiger partial charge in [-0.1, -0.05) is 27.5 Å². The van der Waals surface area contributed by atoms with Crippen LogP contribution in [0.5, 0.6) is 5.75 Å². The third-order valence-corrected chi connectivity index (χ3v) is 5.90. The zero-order valence-corrected chi connectivity index (χ0v) is 17.2. The highest BCUT2D eigenvalue weighted by Gasteiger charge is 2.28. The fourth-order valence-electron chi connectivity index (χ4n) is 2.81. The Morgan fingerprint density at radius 3 is 2.88 bits per heavy atom. The zero-order chi connectivity index (χ0) is 18.7. The molecule has 0 saturated heterocycles. The number of thiophene rings is 1. The Kier molecular flexibility index (Phi) is 6.21. The lowest BCUT2D eigenvalue weighted by Gasteiger charge is -2.10. The molecule has 3 rings (SSSR count). The van der Waals surface area contributed by atoms with Crippen molar-refractivity contribution in [2.45, 2.75) is 26.2 Å². The zero-order valence-electron chi connectivity index (χ0n) is 14.1. The van der Waals surface area contributed by atoms with Crippen molar-refractivity contribution in [3.05, 3.63) is 43.7 Å². The molecule has 138 valence electrons. The van der Waals surface area contributed by atoms with Gasteiger partial charge in [-0.3, -0.25) is 4.79 Å². The van der Waals surface area contributed by atoms with Gasteiger partial charge >= 0.3 is 5.97 Å². The summed E-state index contributed by atoms with van der Waals surface area (Å²) in [6.45, 7) is 1.85. The fourth-order valence-corrected chi connectivity index (χ4v) is 4.83. The Morgan fingerprint density at radius 2 is 2.15 bits per heavy atom. The van der Waals surface area contributed by atoms with Crippen LogP contribution in [0.1, 0.15) is 34.1 Å². The predicted octanol–water partition coefficient (Wildman–Crippen LogP) is 4.85. The maximum atomic E-state index is 12.3. The average Bonchev–Trinajstić information content (AvgIpc) is 3.14. The number of carbonyl (C=O) groups is 2. The number of esters is 1. The van der Waals surface area contributed by atoms with Crippen LogP contribution in [-0.4, -0.2) is 25.1 Å². The van der Waals surface area contributed by atoms with Crippen molar-refractivity contribution in [2.75, 3.05) is 18.5 Å². The van der Waals surface area contributed by atoms with E-state index in [-0.39, 0.29) is 18.5 Å². The van der Waals surface area contributed by atoms with Gasteiger partial charge in [0.1, 0.15) is 10.8 Å². The van der Waals surface area contributed by atoms with E-state index in [2.05, 4.69) is 21.2 Å². The van der Waals surface area contributed by atoms with Crippen LogP contribution in [0.4, 0.5) is 5.00 Å². The van der Waals surface area contributed by atoms with Crippen LogP contribution in [0.15, 0.2) is 22.7 Å². The third-order valence-electron chi connectivity index (χ3n) is 3.91. The number of hydrogen-bond acceptors (Lipinski definition) is 5. The lowest BCUT2D eigenvalue weighted by atomic mass is 10.1. The first kappa shape index (κ1) is 19.2. The van der Waals surface area contributed by atoms with E-state index in [1.807, 2.05) is 0 Å². The van der Waals surface area contributed by atoms with Crippen LogP contribution in [0.2, 0.25) is 5.02 Å². The topological polar surface area (TPSA) is 64.6 Å². The van der Waals surface area contributed by atoms with Gasteiger partial charge in [-0.15, -0.1) is 11.3 Å². The minimum Gasteiger partial charge on any atom is -0.482 e. The Bertz CT molecular complexity index is 852. The molecule has 26 heavy (non-hydrogen) atoms. The molecule has 5 nitrogen and oxygen atoms in total. The second-order valence-corrected chi connectivity index (χ2v) is 8.12. The number of ether oxygens (including phenoxy) is 2. The second kappa shape index (κ2) is 8.41. The summed E-state index contributed by atoms with van der Waals surface area (Å²) in [5.41, 5.74) is 1.49. The smallest absolute Gasteiger partial charge is 0.341 e. The summed E-state index contributed by atoms with van der Waals surface area (Å²) in [6.07, 6.45) is 2.78. The largest absolute Gasteiger partial charge is 0.482 e. The molecule has 0 radical (unpaired) electrons. The van der Waals surface area contributed by atoms with Crippen molar-refractivity contribution in [1.29, 1.82) is 0 Å². The van der Waals surface area contributed by atoms with Crippen molar-refractivity contribution in [3.8, 4) is 5.75 Å². The first-order chi connectivity index (χ1) is 12.5. The summed E-state index contributed by atoms with van der Waals surface area (Å²) in [5, 5.41) is 3.72. The van der Waals surface area contributed by atoms with Gasteiger partial charge in [0.2, 0.25) is 0 Å². The maximum Gasteiger partial charge on any atom is 0.341 e. The first-order valence-electron chi connectivity index (χ1n) is 8.19. The molecular formula is C18H17BrClNO4S. The number of hydrogen-bond donors (Lipinski definition) is 1.